The Morgan fingerprint density at radius 1 is 0.720 bits per heavy atom. The molecule has 0 atom stereocenters. The molecule has 0 aliphatic carbocycles. The summed E-state index contributed by atoms with van der Waals surface area (Å²) in [5, 5.41) is 18.7. The lowest BCUT2D eigenvalue weighted by Crippen LogP contribution is -2.48. The second kappa shape index (κ2) is 6.88. The molecule has 0 amide bonds. The van der Waals surface area contributed by atoms with Crippen LogP contribution in [0.1, 0.15) is 0 Å². The first-order chi connectivity index (χ1) is 12.3. The van der Waals surface area contributed by atoms with Crippen molar-refractivity contribution in [1.82, 2.24) is 5.27 Å². The van der Waals surface area contributed by atoms with Crippen LogP contribution >= 0.6 is 7.92 Å². The van der Waals surface area contributed by atoms with Gasteiger partial charge in [-0.3, -0.25) is 0 Å². The third-order valence-corrected chi connectivity index (χ3v) is 6.25. The van der Waals surface area contributed by atoms with Crippen LogP contribution in [0.25, 0.3) is 5.69 Å². The Morgan fingerprint density at radius 2 is 1.20 bits per heavy atom. The van der Waals surface area contributed by atoms with Gasteiger partial charge >= 0.3 is 0 Å². The van der Waals surface area contributed by atoms with E-state index < -0.39 is 13.9 Å². The molecule has 0 bridgehead atoms. The monoisotopic (exact) mass is 346 g/mol. The van der Waals surface area contributed by atoms with E-state index in [1.54, 1.807) is 4.68 Å². The van der Waals surface area contributed by atoms with E-state index in [-0.39, 0.29) is 0 Å². The largest absolute Gasteiger partial charge is 0.539 e. The van der Waals surface area contributed by atoms with E-state index in [9.17, 15) is 5.11 Å². The molecule has 122 valence electrons. The van der Waals surface area contributed by atoms with Crippen molar-refractivity contribution in [1.29, 1.82) is 0 Å². The van der Waals surface area contributed by atoms with Crippen LogP contribution in [0.4, 0.5) is 0 Å². The smallest absolute Gasteiger partial charge is 0.268 e. The van der Waals surface area contributed by atoms with E-state index in [0.717, 1.165) is 16.3 Å². The Kier molecular flexibility index (Phi) is 4.28. The molecule has 0 aliphatic heterocycles. The van der Waals surface area contributed by atoms with Crippen LogP contribution in [-0.2, 0) is 0 Å². The number of benzene rings is 3. The first-order valence-corrected chi connectivity index (χ1v) is 9.23. The molecule has 0 unspecified atom stereocenters. The van der Waals surface area contributed by atoms with Crippen LogP contribution in [0.2, 0.25) is 0 Å². The normalized spacial score (nSPS) is 10.9. The van der Waals surface area contributed by atoms with Crippen molar-refractivity contribution in [3.8, 4) is 11.6 Å². The summed E-state index contributed by atoms with van der Waals surface area (Å²) in [7, 11) is -1.08. The zero-order valence-corrected chi connectivity index (χ0v) is 14.2. The van der Waals surface area contributed by atoms with Gasteiger partial charge in [0.1, 0.15) is 0 Å². The first kappa shape index (κ1) is 15.6. The number of aromatic nitrogens is 2. The summed E-state index contributed by atoms with van der Waals surface area (Å²) >= 11 is 0. The van der Waals surface area contributed by atoms with Crippen LogP contribution in [0.15, 0.2) is 95.5 Å². The van der Waals surface area contributed by atoms with Crippen molar-refractivity contribution in [2.24, 2.45) is 0 Å². The van der Waals surface area contributed by atoms with Gasteiger partial charge in [-0.2, -0.15) is 0 Å². The topological polar surface area (TPSA) is 53.0 Å². The molecule has 5 heteroatoms. The molecule has 4 aromatic rings. The van der Waals surface area contributed by atoms with Crippen molar-refractivity contribution in [3.63, 3.8) is 0 Å². The highest BCUT2D eigenvalue weighted by atomic mass is 31.1. The fourth-order valence-electron chi connectivity index (χ4n) is 2.72. The maximum atomic E-state index is 12.6. The molecule has 0 saturated carbocycles. The summed E-state index contributed by atoms with van der Waals surface area (Å²) in [6.07, 6.45) is 0. The average molecular weight is 346 g/mol. The van der Waals surface area contributed by atoms with Crippen molar-refractivity contribution in [2.75, 3.05) is 0 Å². The SMILES string of the molecule is [O-]c1on[n+](-c2ccccc2)c1P(c1ccccc1)c1ccccc1. The predicted octanol–water partition coefficient (Wildman–Crippen LogP) is 1.78. The van der Waals surface area contributed by atoms with Gasteiger partial charge in [0.2, 0.25) is 5.69 Å². The van der Waals surface area contributed by atoms with Crippen LogP contribution < -0.4 is 25.8 Å². The van der Waals surface area contributed by atoms with E-state index in [4.69, 9.17) is 4.52 Å². The molecular weight excluding hydrogens is 331 g/mol. The molecule has 3 aromatic carbocycles. The van der Waals surface area contributed by atoms with Crippen molar-refractivity contribution in [3.05, 3.63) is 91.0 Å². The minimum Gasteiger partial charge on any atom is -0.539 e. The van der Waals surface area contributed by atoms with Gasteiger partial charge in [0.25, 0.3) is 5.44 Å². The molecule has 1 aromatic heterocycles. The van der Waals surface area contributed by atoms with Crippen LogP contribution in [0, 0.1) is 0 Å². The molecular formula is C20H15N2O2P. The molecule has 0 aliphatic rings. The number of hydrogen-bond donors (Lipinski definition) is 0. The summed E-state index contributed by atoms with van der Waals surface area (Å²) in [5.74, 6) is -0.400. The zero-order chi connectivity index (χ0) is 17.1. The molecule has 4 nitrogen and oxygen atoms in total. The van der Waals surface area contributed by atoms with E-state index >= 15 is 0 Å². The summed E-state index contributed by atoms with van der Waals surface area (Å²) in [5.41, 5.74) is 1.36. The molecule has 0 spiro atoms. The number of hydrogen-bond acceptors (Lipinski definition) is 3. The summed E-state index contributed by atoms with van der Waals surface area (Å²) in [6, 6.07) is 29.6. The second-order valence-electron chi connectivity index (χ2n) is 5.44. The van der Waals surface area contributed by atoms with Crippen LogP contribution in [0.3, 0.4) is 0 Å². The van der Waals surface area contributed by atoms with Crippen LogP contribution in [-0.4, -0.2) is 5.27 Å². The van der Waals surface area contributed by atoms with E-state index in [2.05, 4.69) is 5.27 Å². The maximum absolute atomic E-state index is 12.6. The molecule has 4 rings (SSSR count). The van der Waals surface area contributed by atoms with Gasteiger partial charge in [-0.05, 0) is 15.3 Å². The standard InChI is InChI=1S/C20H15N2O2P/c23-20-19(22(21-24-20)16-10-4-1-5-11-16)25(17-12-6-2-7-13-17)18-14-8-3-9-15-18/h1-15H. The Balaban J connectivity index is 1.94. The lowest BCUT2D eigenvalue weighted by Gasteiger charge is -2.15. The predicted molar refractivity (Wildman–Crippen MR) is 96.2 cm³/mol. The Bertz CT molecular complexity index is 917. The first-order valence-electron chi connectivity index (χ1n) is 7.89. The average Bonchev–Trinajstić information content (AvgIpc) is 3.06. The van der Waals surface area contributed by atoms with Crippen molar-refractivity contribution in [2.45, 2.75) is 0 Å². The lowest BCUT2D eigenvalue weighted by atomic mass is 10.3. The minimum atomic E-state index is -1.08. The van der Waals surface area contributed by atoms with Gasteiger partial charge in [0.15, 0.2) is 5.95 Å². The van der Waals surface area contributed by atoms with Gasteiger partial charge in [-0.15, -0.1) is 0 Å². The number of para-hydroxylation sites is 1. The fraction of sp³-hybridized carbons (Fsp3) is 0. The lowest BCUT2D eigenvalue weighted by molar-refractivity contribution is -0.653. The highest BCUT2D eigenvalue weighted by Gasteiger charge is 2.31. The quantitative estimate of drug-likeness (QED) is 0.418. The van der Waals surface area contributed by atoms with Crippen LogP contribution in [0.5, 0.6) is 5.95 Å². The van der Waals surface area contributed by atoms with Crippen molar-refractivity contribution >= 4 is 24.0 Å². The molecule has 0 saturated heterocycles. The van der Waals surface area contributed by atoms with E-state index in [1.165, 1.54) is 0 Å². The summed E-state index contributed by atoms with van der Waals surface area (Å²) in [6.45, 7) is 0. The van der Waals surface area contributed by atoms with Crippen molar-refractivity contribution < 1.29 is 14.3 Å². The summed E-state index contributed by atoms with van der Waals surface area (Å²) in [4.78, 5) is 0. The Morgan fingerprint density at radius 3 is 1.72 bits per heavy atom. The minimum absolute atomic E-state index is 0.400. The maximum Gasteiger partial charge on any atom is 0.268 e. The highest BCUT2D eigenvalue weighted by Crippen LogP contribution is 2.33. The van der Waals surface area contributed by atoms with E-state index in [1.807, 2.05) is 91.0 Å². The third kappa shape index (κ3) is 3.04. The summed E-state index contributed by atoms with van der Waals surface area (Å²) < 4.78 is 6.67. The van der Waals surface area contributed by atoms with Gasteiger partial charge < -0.3 is 9.63 Å². The number of rotatable bonds is 4. The number of nitrogens with zero attached hydrogens (tertiary/aromatic N) is 2. The Labute approximate surface area is 146 Å². The third-order valence-electron chi connectivity index (χ3n) is 3.83. The molecule has 0 radical (unpaired) electrons. The molecule has 0 N–H and O–H groups in total. The van der Waals surface area contributed by atoms with Gasteiger partial charge in [0, 0.05) is 12.1 Å². The molecule has 0 fully saturated rings. The second-order valence-corrected chi connectivity index (χ2v) is 7.57. The van der Waals surface area contributed by atoms with E-state index in [0.29, 0.717) is 5.44 Å². The molecule has 25 heavy (non-hydrogen) atoms. The highest BCUT2D eigenvalue weighted by molar-refractivity contribution is 7.79. The van der Waals surface area contributed by atoms with Gasteiger partial charge in [-0.25, -0.2) is 0 Å². The fourth-order valence-corrected chi connectivity index (χ4v) is 5.01. The van der Waals surface area contributed by atoms with Gasteiger partial charge in [-0.1, -0.05) is 78.9 Å². The van der Waals surface area contributed by atoms with Gasteiger partial charge in [0.05, 0.1) is 13.2 Å². The Hall–Kier alpha value is -2.97. The molecule has 1 heterocycles. The zero-order valence-electron chi connectivity index (χ0n) is 13.3.